The molecule has 1 nitrogen and oxygen atoms in total. The van der Waals surface area contributed by atoms with Crippen LogP contribution in [0.25, 0.3) is 108 Å². The second-order valence-corrected chi connectivity index (χ2v) is 14.3. The number of hydrogen-bond acceptors (Lipinski definition) is 2. The third kappa shape index (κ3) is 4.06. The van der Waals surface area contributed by atoms with Crippen molar-refractivity contribution in [3.63, 3.8) is 0 Å². The summed E-state index contributed by atoms with van der Waals surface area (Å²) in [6.07, 6.45) is 0. The molecule has 50 heavy (non-hydrogen) atoms. The first-order valence-electron chi connectivity index (χ1n) is 17.1. The van der Waals surface area contributed by atoms with Gasteiger partial charge in [-0.25, -0.2) is 0 Å². The van der Waals surface area contributed by atoms with E-state index in [2.05, 4.69) is 164 Å². The summed E-state index contributed by atoms with van der Waals surface area (Å²) in [5.74, 6) is 0. The molecule has 0 N–H and O–H groups in total. The lowest BCUT2D eigenvalue weighted by molar-refractivity contribution is 0.669. The van der Waals surface area contributed by atoms with E-state index in [0.717, 1.165) is 11.2 Å². The summed E-state index contributed by atoms with van der Waals surface area (Å²) < 4.78 is 8.80. The van der Waals surface area contributed by atoms with Gasteiger partial charge in [0.2, 0.25) is 0 Å². The Labute approximate surface area is 292 Å². The predicted molar refractivity (Wildman–Crippen MR) is 215 cm³/mol. The van der Waals surface area contributed by atoms with Crippen molar-refractivity contribution in [3.8, 4) is 33.4 Å². The maximum atomic E-state index is 6.22. The first-order valence-corrected chi connectivity index (χ1v) is 17.9. The molecule has 0 spiro atoms. The second-order valence-electron chi connectivity index (χ2n) is 13.2. The van der Waals surface area contributed by atoms with Crippen molar-refractivity contribution in [1.29, 1.82) is 0 Å². The van der Waals surface area contributed by atoms with Crippen LogP contribution < -0.4 is 0 Å². The number of rotatable bonds is 3. The van der Waals surface area contributed by atoms with Crippen LogP contribution in [0.5, 0.6) is 0 Å². The third-order valence-corrected chi connectivity index (χ3v) is 11.6. The summed E-state index contributed by atoms with van der Waals surface area (Å²) in [5.41, 5.74) is 9.36. The van der Waals surface area contributed by atoms with Crippen molar-refractivity contribution in [2.75, 3.05) is 0 Å². The van der Waals surface area contributed by atoms with E-state index in [4.69, 9.17) is 4.42 Å². The van der Waals surface area contributed by atoms with Gasteiger partial charge in [0.1, 0.15) is 11.2 Å². The fraction of sp³-hybridized carbons (Fsp3) is 0. The summed E-state index contributed by atoms with van der Waals surface area (Å²) in [4.78, 5) is 0. The highest BCUT2D eigenvalue weighted by atomic mass is 32.1. The number of benzene rings is 9. The van der Waals surface area contributed by atoms with Crippen molar-refractivity contribution in [1.82, 2.24) is 0 Å². The lowest BCUT2D eigenvalue weighted by Crippen LogP contribution is -1.91. The molecule has 0 aliphatic carbocycles. The van der Waals surface area contributed by atoms with Crippen LogP contribution in [-0.2, 0) is 0 Å². The van der Waals surface area contributed by atoms with Gasteiger partial charge in [0.15, 0.2) is 0 Å². The highest BCUT2D eigenvalue weighted by Crippen LogP contribution is 2.46. The quantitative estimate of drug-likeness (QED) is 0.173. The van der Waals surface area contributed by atoms with Crippen molar-refractivity contribution in [3.05, 3.63) is 170 Å². The lowest BCUT2D eigenvalue weighted by Gasteiger charge is -2.18. The molecule has 0 aliphatic rings. The standard InChI is InChI=1S/C48H28OS/c1-2-11-30-26-34(21-20-29(30)10-1)46-38-16-5-3-14-36(38)45(37-15-4-6-17-39(37)46)33-13-9-12-31(27-33)32-22-23-35-40-24-25-43-47(48(40)50-44(35)28-32)41-18-7-8-19-42(41)49-43/h1-28H. The molecule has 0 radical (unpaired) electrons. The van der Waals surface area contributed by atoms with Crippen LogP contribution in [0.1, 0.15) is 0 Å². The van der Waals surface area contributed by atoms with Gasteiger partial charge in [0, 0.05) is 30.9 Å². The van der Waals surface area contributed by atoms with Gasteiger partial charge in [-0.3, -0.25) is 0 Å². The zero-order valence-electron chi connectivity index (χ0n) is 27.0. The van der Waals surface area contributed by atoms with E-state index in [1.54, 1.807) is 0 Å². The normalized spacial score (nSPS) is 12.0. The first-order chi connectivity index (χ1) is 24.8. The van der Waals surface area contributed by atoms with Crippen LogP contribution in [0.15, 0.2) is 174 Å². The molecule has 0 aliphatic heterocycles. The van der Waals surface area contributed by atoms with Crippen molar-refractivity contribution >= 4 is 85.8 Å². The Morgan fingerprint density at radius 3 is 1.68 bits per heavy atom. The molecular weight excluding hydrogens is 625 g/mol. The number of hydrogen-bond donors (Lipinski definition) is 0. The average Bonchev–Trinajstić information content (AvgIpc) is 3.74. The third-order valence-electron chi connectivity index (χ3n) is 10.4. The monoisotopic (exact) mass is 652 g/mol. The van der Waals surface area contributed by atoms with E-state index in [1.807, 2.05) is 17.4 Å². The fourth-order valence-corrected chi connectivity index (χ4v) is 9.47. The van der Waals surface area contributed by atoms with Crippen LogP contribution in [0.4, 0.5) is 0 Å². The molecule has 0 saturated carbocycles. The number of furan rings is 1. The van der Waals surface area contributed by atoms with Gasteiger partial charge in [-0.05, 0) is 102 Å². The minimum atomic E-state index is 0.940. The van der Waals surface area contributed by atoms with Crippen LogP contribution in [0.3, 0.4) is 0 Å². The molecule has 232 valence electrons. The van der Waals surface area contributed by atoms with Crippen LogP contribution in [0.2, 0.25) is 0 Å². The Morgan fingerprint density at radius 2 is 0.920 bits per heavy atom. The van der Waals surface area contributed by atoms with Crippen molar-refractivity contribution in [2.24, 2.45) is 0 Å². The minimum Gasteiger partial charge on any atom is -0.456 e. The zero-order valence-corrected chi connectivity index (χ0v) is 27.8. The molecule has 2 aromatic heterocycles. The summed E-state index contributed by atoms with van der Waals surface area (Å²) in [5, 5.41) is 12.6. The van der Waals surface area contributed by atoms with Crippen LogP contribution in [0, 0.1) is 0 Å². The van der Waals surface area contributed by atoms with E-state index in [1.165, 1.54) is 96.6 Å². The van der Waals surface area contributed by atoms with Gasteiger partial charge in [-0.2, -0.15) is 0 Å². The molecule has 0 fully saturated rings. The minimum absolute atomic E-state index is 0.940. The van der Waals surface area contributed by atoms with Crippen molar-refractivity contribution in [2.45, 2.75) is 0 Å². The Bertz CT molecular complexity index is 3100. The van der Waals surface area contributed by atoms with Gasteiger partial charge in [0.25, 0.3) is 0 Å². The van der Waals surface area contributed by atoms with E-state index < -0.39 is 0 Å². The summed E-state index contributed by atoms with van der Waals surface area (Å²) in [6, 6.07) is 62.1. The maximum absolute atomic E-state index is 6.22. The highest BCUT2D eigenvalue weighted by Gasteiger charge is 2.18. The Hall–Kier alpha value is -6.22. The van der Waals surface area contributed by atoms with Gasteiger partial charge >= 0.3 is 0 Å². The summed E-state index contributed by atoms with van der Waals surface area (Å²) >= 11 is 1.86. The van der Waals surface area contributed by atoms with E-state index in [0.29, 0.717) is 0 Å². The lowest BCUT2D eigenvalue weighted by atomic mass is 9.85. The Kier molecular flexibility index (Phi) is 5.89. The number of fused-ring (bicyclic) bond motifs is 10. The first kappa shape index (κ1) is 27.7. The van der Waals surface area contributed by atoms with Gasteiger partial charge in [-0.15, -0.1) is 11.3 Å². The summed E-state index contributed by atoms with van der Waals surface area (Å²) in [7, 11) is 0. The maximum Gasteiger partial charge on any atom is 0.136 e. The molecule has 9 aromatic carbocycles. The Morgan fingerprint density at radius 1 is 0.340 bits per heavy atom. The number of thiophene rings is 1. The van der Waals surface area contributed by atoms with Crippen LogP contribution in [-0.4, -0.2) is 0 Å². The predicted octanol–water partition coefficient (Wildman–Crippen LogP) is 14.4. The van der Waals surface area contributed by atoms with Crippen LogP contribution >= 0.6 is 11.3 Å². The molecule has 11 rings (SSSR count). The highest BCUT2D eigenvalue weighted by molar-refractivity contribution is 7.26. The largest absolute Gasteiger partial charge is 0.456 e. The second kappa shape index (κ2) is 10.6. The van der Waals surface area contributed by atoms with Gasteiger partial charge in [0.05, 0.1) is 0 Å². The molecule has 0 bridgehead atoms. The molecule has 0 unspecified atom stereocenters. The van der Waals surface area contributed by atoms with E-state index >= 15 is 0 Å². The zero-order chi connectivity index (χ0) is 32.8. The van der Waals surface area contributed by atoms with E-state index in [-0.39, 0.29) is 0 Å². The van der Waals surface area contributed by atoms with Gasteiger partial charge in [-0.1, -0.05) is 133 Å². The average molecular weight is 653 g/mol. The Balaban J connectivity index is 1.10. The fourth-order valence-electron chi connectivity index (χ4n) is 8.17. The van der Waals surface area contributed by atoms with E-state index in [9.17, 15) is 0 Å². The number of para-hydroxylation sites is 1. The molecule has 2 heteroatoms. The molecule has 2 heterocycles. The topological polar surface area (TPSA) is 13.1 Å². The molecule has 0 amide bonds. The SMILES string of the molecule is c1cc(-c2ccc3c(c2)sc2c3ccc3oc4ccccc4c32)cc(-c2c3ccccc3c(-c3ccc4ccccc4c3)c3ccccc23)c1. The molecule has 11 aromatic rings. The smallest absolute Gasteiger partial charge is 0.136 e. The molecule has 0 atom stereocenters. The van der Waals surface area contributed by atoms with Crippen molar-refractivity contribution < 1.29 is 4.42 Å². The molecular formula is C48H28OS. The summed E-state index contributed by atoms with van der Waals surface area (Å²) in [6.45, 7) is 0. The molecule has 0 saturated heterocycles. The van der Waals surface area contributed by atoms with Gasteiger partial charge < -0.3 is 4.42 Å².